The number of ether oxygens (including phenoxy) is 1. The van der Waals surface area contributed by atoms with Crippen molar-refractivity contribution in [2.24, 2.45) is 5.41 Å². The first-order chi connectivity index (χ1) is 14.3. The molecule has 5 rings (SSSR count). The smallest absolute Gasteiger partial charge is 0.341 e. The van der Waals surface area contributed by atoms with E-state index in [0.29, 0.717) is 5.92 Å². The molecule has 0 radical (unpaired) electrons. The van der Waals surface area contributed by atoms with Crippen LogP contribution < -0.4 is 0 Å². The Hall–Kier alpha value is -2.95. The minimum Gasteiger partial charge on any atom is -0.455 e. The fourth-order valence-corrected chi connectivity index (χ4v) is 5.50. The highest BCUT2D eigenvalue weighted by Gasteiger charge is 2.62. The van der Waals surface area contributed by atoms with Crippen molar-refractivity contribution in [2.75, 3.05) is 0 Å². The SMILES string of the molecule is CC1(C)[C@H]2CC[C@@]1(C)c1c2c(COC(=O)c2ccccc2F)nn1-c1ccccc1. The molecule has 0 N–H and O–H groups in total. The lowest BCUT2D eigenvalue weighted by Gasteiger charge is -2.35. The minimum atomic E-state index is -0.662. The molecule has 2 atom stereocenters. The zero-order valence-electron chi connectivity index (χ0n) is 17.5. The summed E-state index contributed by atoms with van der Waals surface area (Å²) in [7, 11) is 0. The zero-order chi connectivity index (χ0) is 21.1. The lowest BCUT2D eigenvalue weighted by Crippen LogP contribution is -2.33. The number of carbonyl (C=O) groups is 1. The van der Waals surface area contributed by atoms with Gasteiger partial charge in [0.25, 0.3) is 0 Å². The van der Waals surface area contributed by atoms with E-state index in [0.717, 1.165) is 24.2 Å². The van der Waals surface area contributed by atoms with Gasteiger partial charge in [-0.3, -0.25) is 0 Å². The van der Waals surface area contributed by atoms with E-state index in [1.165, 1.54) is 23.4 Å². The number of aromatic nitrogens is 2. The van der Waals surface area contributed by atoms with Crippen LogP contribution in [0.15, 0.2) is 54.6 Å². The van der Waals surface area contributed by atoms with E-state index in [4.69, 9.17) is 9.84 Å². The van der Waals surface area contributed by atoms with E-state index in [1.54, 1.807) is 12.1 Å². The first-order valence-corrected chi connectivity index (χ1v) is 10.4. The quantitative estimate of drug-likeness (QED) is 0.536. The molecule has 1 saturated carbocycles. The molecule has 0 unspecified atom stereocenters. The molecule has 30 heavy (non-hydrogen) atoms. The second kappa shape index (κ2) is 6.53. The second-order valence-corrected chi connectivity index (χ2v) is 9.16. The molecule has 2 aliphatic carbocycles. The monoisotopic (exact) mass is 404 g/mol. The van der Waals surface area contributed by atoms with Crippen LogP contribution in [-0.4, -0.2) is 15.7 Å². The van der Waals surface area contributed by atoms with Gasteiger partial charge in [0, 0.05) is 11.0 Å². The summed E-state index contributed by atoms with van der Waals surface area (Å²) in [6.45, 7) is 7.03. The van der Waals surface area contributed by atoms with Crippen molar-refractivity contribution < 1.29 is 13.9 Å². The van der Waals surface area contributed by atoms with Crippen molar-refractivity contribution in [3.8, 4) is 5.69 Å². The van der Waals surface area contributed by atoms with Gasteiger partial charge in [-0.2, -0.15) is 5.10 Å². The number of hydrogen-bond acceptors (Lipinski definition) is 3. The van der Waals surface area contributed by atoms with Gasteiger partial charge in [-0.25, -0.2) is 13.9 Å². The molecule has 3 aromatic rings. The lowest BCUT2D eigenvalue weighted by molar-refractivity contribution is 0.0460. The van der Waals surface area contributed by atoms with Gasteiger partial charge in [-0.05, 0) is 48.4 Å². The molecule has 1 fully saturated rings. The molecule has 2 aromatic carbocycles. The Morgan fingerprint density at radius 3 is 2.57 bits per heavy atom. The van der Waals surface area contributed by atoms with Crippen LogP contribution in [0, 0.1) is 11.2 Å². The summed E-state index contributed by atoms with van der Waals surface area (Å²) < 4.78 is 21.5. The Morgan fingerprint density at radius 2 is 1.83 bits per heavy atom. The molecule has 0 aliphatic heterocycles. The number of halogens is 1. The van der Waals surface area contributed by atoms with Gasteiger partial charge in [-0.1, -0.05) is 51.1 Å². The van der Waals surface area contributed by atoms with E-state index in [9.17, 15) is 9.18 Å². The maximum Gasteiger partial charge on any atom is 0.341 e. The number of fused-ring (bicyclic) bond motifs is 5. The lowest BCUT2D eigenvalue weighted by atomic mass is 9.70. The largest absolute Gasteiger partial charge is 0.455 e. The summed E-state index contributed by atoms with van der Waals surface area (Å²) in [5, 5.41) is 4.89. The standard InChI is InChI=1S/C25H25FN2O2/c1-24(2)18-13-14-25(24,3)22-21(18)20(27-28(22)16-9-5-4-6-10-16)15-30-23(29)17-11-7-8-12-19(17)26/h4-12,18H,13-15H2,1-3H3/t18-,25-/m0/s1. The first kappa shape index (κ1) is 19.0. The Kier molecular flexibility index (Phi) is 4.14. The van der Waals surface area contributed by atoms with Gasteiger partial charge in [0.1, 0.15) is 18.1 Å². The van der Waals surface area contributed by atoms with Crippen LogP contribution in [0.4, 0.5) is 4.39 Å². The number of rotatable bonds is 4. The predicted octanol–water partition coefficient (Wildman–Crippen LogP) is 5.54. The molecule has 0 amide bonds. The number of para-hydroxylation sites is 1. The first-order valence-electron chi connectivity index (χ1n) is 10.4. The van der Waals surface area contributed by atoms with Crippen LogP contribution in [-0.2, 0) is 16.8 Å². The Bertz CT molecular complexity index is 1140. The summed E-state index contributed by atoms with van der Waals surface area (Å²) >= 11 is 0. The number of hydrogen-bond donors (Lipinski definition) is 0. The second-order valence-electron chi connectivity index (χ2n) is 9.16. The molecule has 1 aromatic heterocycles. The van der Waals surface area contributed by atoms with Gasteiger partial charge in [0.05, 0.1) is 16.9 Å². The predicted molar refractivity (Wildman–Crippen MR) is 112 cm³/mol. The fourth-order valence-electron chi connectivity index (χ4n) is 5.50. The summed E-state index contributed by atoms with van der Waals surface area (Å²) in [6.07, 6.45) is 2.22. The number of carbonyl (C=O) groups excluding carboxylic acids is 1. The van der Waals surface area contributed by atoms with Crippen LogP contribution >= 0.6 is 0 Å². The molecule has 2 bridgehead atoms. The highest BCUT2D eigenvalue weighted by Crippen LogP contribution is 2.68. The summed E-state index contributed by atoms with van der Waals surface area (Å²) in [5.74, 6) is -0.864. The van der Waals surface area contributed by atoms with Crippen LogP contribution in [0.3, 0.4) is 0 Å². The molecular weight excluding hydrogens is 379 g/mol. The van der Waals surface area contributed by atoms with E-state index in [2.05, 4.69) is 20.8 Å². The van der Waals surface area contributed by atoms with Crippen molar-refractivity contribution in [3.05, 3.63) is 82.9 Å². The minimum absolute atomic E-state index is 0.00361. The fraction of sp³-hybridized carbons (Fsp3) is 0.360. The zero-order valence-corrected chi connectivity index (χ0v) is 17.5. The third kappa shape index (κ3) is 2.51. The molecule has 2 aliphatic rings. The molecule has 154 valence electrons. The third-order valence-corrected chi connectivity index (χ3v) is 7.53. The number of nitrogens with zero attached hydrogens (tertiary/aromatic N) is 2. The van der Waals surface area contributed by atoms with E-state index in [-0.39, 0.29) is 23.0 Å². The average molecular weight is 404 g/mol. The summed E-state index contributed by atoms with van der Waals surface area (Å²) in [5.41, 5.74) is 4.27. The van der Waals surface area contributed by atoms with E-state index in [1.807, 2.05) is 35.0 Å². The molecule has 1 heterocycles. The van der Waals surface area contributed by atoms with Crippen LogP contribution in [0.25, 0.3) is 5.69 Å². The maximum absolute atomic E-state index is 14.0. The van der Waals surface area contributed by atoms with Crippen molar-refractivity contribution in [2.45, 2.75) is 51.6 Å². The van der Waals surface area contributed by atoms with Gasteiger partial charge in [0.15, 0.2) is 0 Å². The van der Waals surface area contributed by atoms with Crippen molar-refractivity contribution >= 4 is 5.97 Å². The maximum atomic E-state index is 14.0. The molecule has 0 saturated heterocycles. The number of benzene rings is 2. The Morgan fingerprint density at radius 1 is 1.13 bits per heavy atom. The highest BCUT2D eigenvalue weighted by molar-refractivity contribution is 5.89. The molecular formula is C25H25FN2O2. The van der Waals surface area contributed by atoms with Gasteiger partial charge in [-0.15, -0.1) is 0 Å². The van der Waals surface area contributed by atoms with Gasteiger partial charge in [0.2, 0.25) is 0 Å². The highest BCUT2D eigenvalue weighted by atomic mass is 19.1. The van der Waals surface area contributed by atoms with Crippen molar-refractivity contribution in [1.82, 2.24) is 9.78 Å². The molecule has 0 spiro atoms. The van der Waals surface area contributed by atoms with Gasteiger partial charge < -0.3 is 4.74 Å². The van der Waals surface area contributed by atoms with E-state index < -0.39 is 11.8 Å². The van der Waals surface area contributed by atoms with Crippen LogP contribution in [0.2, 0.25) is 0 Å². The van der Waals surface area contributed by atoms with Crippen molar-refractivity contribution in [1.29, 1.82) is 0 Å². The Labute approximate surface area is 175 Å². The van der Waals surface area contributed by atoms with Crippen LogP contribution in [0.1, 0.15) is 66.8 Å². The van der Waals surface area contributed by atoms with Crippen LogP contribution in [0.5, 0.6) is 0 Å². The molecule has 5 heteroatoms. The number of esters is 1. The molecule has 4 nitrogen and oxygen atoms in total. The van der Waals surface area contributed by atoms with Gasteiger partial charge >= 0.3 is 5.97 Å². The normalized spacial score (nSPS) is 23.4. The topological polar surface area (TPSA) is 44.1 Å². The Balaban J connectivity index is 1.55. The summed E-state index contributed by atoms with van der Waals surface area (Å²) in [4.78, 5) is 12.5. The summed E-state index contributed by atoms with van der Waals surface area (Å²) in [6, 6.07) is 16.0. The van der Waals surface area contributed by atoms with E-state index >= 15 is 0 Å². The third-order valence-electron chi connectivity index (χ3n) is 7.53. The van der Waals surface area contributed by atoms with Crippen molar-refractivity contribution in [3.63, 3.8) is 0 Å². The average Bonchev–Trinajstić information content (AvgIpc) is 3.29.